The summed E-state index contributed by atoms with van der Waals surface area (Å²) in [4.78, 5) is 0. The van der Waals surface area contributed by atoms with E-state index in [2.05, 4.69) is 95.4 Å². The Hall–Kier alpha value is -3.31. The van der Waals surface area contributed by atoms with Gasteiger partial charge in [0.1, 0.15) is 11.2 Å². The van der Waals surface area contributed by atoms with E-state index in [0.717, 1.165) is 49.3 Å². The maximum absolute atomic E-state index is 6.52. The molecule has 0 aliphatic carbocycles. The predicted molar refractivity (Wildman–Crippen MR) is 137 cm³/mol. The van der Waals surface area contributed by atoms with Crippen molar-refractivity contribution in [2.24, 2.45) is 0 Å². The van der Waals surface area contributed by atoms with Crippen molar-refractivity contribution >= 4 is 77.2 Å². The molecule has 0 spiro atoms. The maximum atomic E-state index is 6.52. The van der Waals surface area contributed by atoms with E-state index in [0.29, 0.717) is 0 Å². The molecule has 0 N–H and O–H groups in total. The van der Waals surface area contributed by atoms with Gasteiger partial charge in [0, 0.05) is 30.5 Å². The molecule has 0 fully saturated rings. The summed E-state index contributed by atoms with van der Waals surface area (Å²) in [5, 5.41) is 6.71. The van der Waals surface area contributed by atoms with Gasteiger partial charge in [-0.1, -0.05) is 54.6 Å². The van der Waals surface area contributed by atoms with Crippen LogP contribution < -0.4 is 0 Å². The lowest BCUT2D eigenvalue weighted by molar-refractivity contribution is 0.635. The van der Waals surface area contributed by atoms with E-state index in [1.54, 1.807) is 0 Å². The van der Waals surface area contributed by atoms with Crippen LogP contribution in [0.5, 0.6) is 0 Å². The SMILES string of the molecule is Ic1ccc(-c2cc3c4ccc5c6ccccc6oc5c4oc3c3ccccc23)cc1. The summed E-state index contributed by atoms with van der Waals surface area (Å²) in [6.07, 6.45) is 0. The summed E-state index contributed by atoms with van der Waals surface area (Å²) in [5.41, 5.74) is 5.84. The van der Waals surface area contributed by atoms with Crippen LogP contribution in [0.25, 0.3) is 65.8 Å². The van der Waals surface area contributed by atoms with Crippen molar-refractivity contribution in [1.82, 2.24) is 0 Å². The lowest BCUT2D eigenvalue weighted by atomic mass is 9.95. The standard InChI is InChI=1S/C28H15IO2/c29-17-11-9-16(10-12-17)23-15-24-22-14-13-21-19-6-3-4-8-25(19)30-27(21)28(22)31-26(24)20-7-2-1-5-18(20)23/h1-15H. The van der Waals surface area contributed by atoms with E-state index in [9.17, 15) is 0 Å². The largest absolute Gasteiger partial charge is 0.452 e. The first-order valence-corrected chi connectivity index (χ1v) is 11.3. The molecule has 5 aromatic carbocycles. The molecule has 2 nitrogen and oxygen atoms in total. The second kappa shape index (κ2) is 6.34. The van der Waals surface area contributed by atoms with Gasteiger partial charge in [-0.25, -0.2) is 0 Å². The first kappa shape index (κ1) is 17.4. The van der Waals surface area contributed by atoms with E-state index in [4.69, 9.17) is 8.83 Å². The van der Waals surface area contributed by atoms with E-state index >= 15 is 0 Å². The van der Waals surface area contributed by atoms with Gasteiger partial charge in [0.25, 0.3) is 0 Å². The summed E-state index contributed by atoms with van der Waals surface area (Å²) in [5.74, 6) is 0. The fourth-order valence-corrected chi connectivity index (χ4v) is 5.07. The minimum absolute atomic E-state index is 0.814. The molecule has 0 aliphatic rings. The number of para-hydroxylation sites is 1. The Kier molecular flexibility index (Phi) is 3.56. The van der Waals surface area contributed by atoms with Crippen LogP contribution in [0, 0.1) is 3.57 Å². The van der Waals surface area contributed by atoms with Crippen molar-refractivity contribution in [3.8, 4) is 11.1 Å². The Morgan fingerprint density at radius 1 is 0.484 bits per heavy atom. The lowest BCUT2D eigenvalue weighted by Gasteiger charge is -2.08. The van der Waals surface area contributed by atoms with Crippen molar-refractivity contribution in [1.29, 1.82) is 0 Å². The molecule has 0 bridgehead atoms. The van der Waals surface area contributed by atoms with Crippen LogP contribution in [0.15, 0.2) is 99.8 Å². The Morgan fingerprint density at radius 3 is 1.90 bits per heavy atom. The molecule has 0 saturated heterocycles. The van der Waals surface area contributed by atoms with Gasteiger partial charge in [0.05, 0.1) is 0 Å². The average molecular weight is 510 g/mol. The number of benzene rings is 5. The molecule has 2 aromatic heterocycles. The van der Waals surface area contributed by atoms with E-state index in [1.807, 2.05) is 18.2 Å². The van der Waals surface area contributed by atoms with Crippen LogP contribution in [-0.4, -0.2) is 0 Å². The molecule has 0 atom stereocenters. The average Bonchev–Trinajstić information content (AvgIpc) is 3.38. The molecule has 2 heterocycles. The van der Waals surface area contributed by atoms with Crippen molar-refractivity contribution in [2.45, 2.75) is 0 Å². The monoisotopic (exact) mass is 510 g/mol. The number of fused-ring (bicyclic) bond motifs is 9. The van der Waals surface area contributed by atoms with Gasteiger partial charge in [0.2, 0.25) is 0 Å². The zero-order valence-electron chi connectivity index (χ0n) is 16.4. The molecule has 7 aromatic rings. The number of furan rings is 2. The van der Waals surface area contributed by atoms with Gasteiger partial charge in [-0.15, -0.1) is 0 Å². The summed E-state index contributed by atoms with van der Waals surface area (Å²) in [6.45, 7) is 0. The molecule has 7 rings (SSSR count). The summed E-state index contributed by atoms with van der Waals surface area (Å²) in [6, 6.07) is 31.9. The molecule has 0 amide bonds. The van der Waals surface area contributed by atoms with Gasteiger partial charge in [-0.05, 0) is 75.5 Å². The molecule has 0 saturated carbocycles. The third-order valence-electron chi connectivity index (χ3n) is 6.15. The normalized spacial score (nSPS) is 12.0. The molecule has 31 heavy (non-hydrogen) atoms. The van der Waals surface area contributed by atoms with Crippen LogP contribution in [-0.2, 0) is 0 Å². The minimum atomic E-state index is 0.814. The summed E-state index contributed by atoms with van der Waals surface area (Å²) < 4.78 is 14.0. The second-order valence-corrected chi connectivity index (χ2v) is 9.12. The van der Waals surface area contributed by atoms with E-state index < -0.39 is 0 Å². The van der Waals surface area contributed by atoms with Crippen molar-refractivity contribution in [3.63, 3.8) is 0 Å². The smallest absolute Gasteiger partial charge is 0.178 e. The highest BCUT2D eigenvalue weighted by molar-refractivity contribution is 14.1. The van der Waals surface area contributed by atoms with Gasteiger partial charge in [-0.3, -0.25) is 0 Å². The molecule has 3 heteroatoms. The highest BCUT2D eigenvalue weighted by atomic mass is 127. The molecule has 0 unspecified atom stereocenters. The van der Waals surface area contributed by atoms with Crippen LogP contribution in [0.3, 0.4) is 0 Å². The van der Waals surface area contributed by atoms with Crippen LogP contribution >= 0.6 is 22.6 Å². The van der Waals surface area contributed by atoms with Crippen molar-refractivity contribution in [3.05, 3.63) is 94.6 Å². The summed E-state index contributed by atoms with van der Waals surface area (Å²) in [7, 11) is 0. The second-order valence-electron chi connectivity index (χ2n) is 7.87. The van der Waals surface area contributed by atoms with E-state index in [-0.39, 0.29) is 0 Å². The number of hydrogen-bond acceptors (Lipinski definition) is 2. The highest BCUT2D eigenvalue weighted by Gasteiger charge is 2.18. The fraction of sp³-hybridized carbons (Fsp3) is 0. The molecule has 0 aliphatic heterocycles. The topological polar surface area (TPSA) is 26.3 Å². The first-order chi connectivity index (χ1) is 15.3. The summed E-state index contributed by atoms with van der Waals surface area (Å²) >= 11 is 2.35. The van der Waals surface area contributed by atoms with Crippen LogP contribution in [0.2, 0.25) is 0 Å². The zero-order chi connectivity index (χ0) is 20.5. The third-order valence-corrected chi connectivity index (χ3v) is 6.87. The first-order valence-electron chi connectivity index (χ1n) is 10.2. The van der Waals surface area contributed by atoms with Crippen LogP contribution in [0.1, 0.15) is 0 Å². The third kappa shape index (κ3) is 2.44. The van der Waals surface area contributed by atoms with E-state index in [1.165, 1.54) is 20.1 Å². The highest BCUT2D eigenvalue weighted by Crippen LogP contribution is 2.43. The number of rotatable bonds is 1. The lowest BCUT2D eigenvalue weighted by Crippen LogP contribution is -1.83. The predicted octanol–water partition coefficient (Wildman–Crippen LogP) is 8.91. The number of hydrogen-bond donors (Lipinski definition) is 0. The number of halogens is 1. The maximum Gasteiger partial charge on any atom is 0.178 e. The minimum Gasteiger partial charge on any atom is -0.452 e. The Morgan fingerprint density at radius 2 is 1.10 bits per heavy atom. The zero-order valence-corrected chi connectivity index (χ0v) is 18.5. The molecule has 146 valence electrons. The van der Waals surface area contributed by atoms with Crippen LogP contribution in [0.4, 0.5) is 0 Å². The van der Waals surface area contributed by atoms with Gasteiger partial charge in [-0.2, -0.15) is 0 Å². The quantitative estimate of drug-likeness (QED) is 0.206. The molecule has 0 radical (unpaired) electrons. The van der Waals surface area contributed by atoms with Crippen molar-refractivity contribution < 1.29 is 8.83 Å². The Labute approximate surface area is 191 Å². The van der Waals surface area contributed by atoms with Gasteiger partial charge < -0.3 is 8.83 Å². The fourth-order valence-electron chi connectivity index (χ4n) is 4.71. The Balaban J connectivity index is 1.66. The molecular weight excluding hydrogens is 495 g/mol. The Bertz CT molecular complexity index is 1790. The molecular formula is C28H15IO2. The van der Waals surface area contributed by atoms with Gasteiger partial charge in [0.15, 0.2) is 11.2 Å². The van der Waals surface area contributed by atoms with Gasteiger partial charge >= 0.3 is 0 Å². The van der Waals surface area contributed by atoms with Crippen molar-refractivity contribution in [2.75, 3.05) is 0 Å².